The average molecular weight is 300 g/mol. The molecule has 0 aromatic heterocycles. The number of aliphatic hydroxyl groups is 1. The third-order valence-corrected chi connectivity index (χ3v) is 5.38. The second kappa shape index (κ2) is 6.80. The van der Waals surface area contributed by atoms with E-state index >= 15 is 0 Å². The Labute approximate surface area is 124 Å². The second-order valence-electron chi connectivity index (χ2n) is 5.63. The van der Waals surface area contributed by atoms with Crippen molar-refractivity contribution >= 4 is 23.6 Å². The van der Waals surface area contributed by atoms with Crippen LogP contribution in [0.3, 0.4) is 0 Å². The minimum Gasteiger partial charge on any atom is -0.379 e. The van der Waals surface area contributed by atoms with Crippen LogP contribution in [-0.2, 0) is 9.59 Å². The minimum atomic E-state index is -1.18. The molecule has 20 heavy (non-hydrogen) atoms. The maximum atomic E-state index is 12.0. The lowest BCUT2D eigenvalue weighted by Gasteiger charge is -2.27. The van der Waals surface area contributed by atoms with Crippen molar-refractivity contribution in [2.24, 2.45) is 0 Å². The maximum Gasteiger partial charge on any atom is 0.252 e. The molecule has 2 saturated heterocycles. The van der Waals surface area contributed by atoms with Crippen molar-refractivity contribution in [2.75, 3.05) is 24.6 Å². The van der Waals surface area contributed by atoms with Crippen molar-refractivity contribution in [2.45, 2.75) is 50.7 Å². The Morgan fingerprint density at radius 2 is 2.40 bits per heavy atom. The smallest absolute Gasteiger partial charge is 0.252 e. The SMILES string of the molecule is CC[C@H](CCNC(=O)[C@]1(O)CCSC1)N1CCCC1=O. The fourth-order valence-corrected chi connectivity index (χ4v) is 4.13. The lowest BCUT2D eigenvalue weighted by molar-refractivity contribution is -0.137. The Balaban J connectivity index is 1.76. The molecular formula is C14H24N2O3S. The molecule has 0 aromatic rings. The van der Waals surface area contributed by atoms with Gasteiger partial charge in [-0.05, 0) is 31.4 Å². The Hall–Kier alpha value is -0.750. The monoisotopic (exact) mass is 300 g/mol. The molecule has 6 heteroatoms. The van der Waals surface area contributed by atoms with E-state index in [0.717, 1.165) is 31.6 Å². The van der Waals surface area contributed by atoms with E-state index in [-0.39, 0.29) is 17.9 Å². The van der Waals surface area contributed by atoms with Gasteiger partial charge < -0.3 is 15.3 Å². The molecule has 2 aliphatic heterocycles. The first-order valence-electron chi connectivity index (χ1n) is 7.45. The number of hydrogen-bond donors (Lipinski definition) is 2. The fraction of sp³-hybridized carbons (Fsp3) is 0.857. The van der Waals surface area contributed by atoms with Gasteiger partial charge in [0.1, 0.15) is 0 Å². The number of nitrogens with zero attached hydrogens (tertiary/aromatic N) is 1. The van der Waals surface area contributed by atoms with E-state index in [9.17, 15) is 14.7 Å². The van der Waals surface area contributed by atoms with Gasteiger partial charge in [-0.15, -0.1) is 0 Å². The normalized spacial score (nSPS) is 27.9. The van der Waals surface area contributed by atoms with Crippen molar-refractivity contribution in [3.8, 4) is 0 Å². The molecular weight excluding hydrogens is 276 g/mol. The topological polar surface area (TPSA) is 69.6 Å². The number of likely N-dealkylation sites (tertiary alicyclic amines) is 1. The summed E-state index contributed by atoms with van der Waals surface area (Å²) >= 11 is 1.61. The molecule has 2 N–H and O–H groups in total. The van der Waals surface area contributed by atoms with Crippen LogP contribution in [0, 0.1) is 0 Å². The third kappa shape index (κ3) is 3.47. The van der Waals surface area contributed by atoms with Gasteiger partial charge in [0.15, 0.2) is 5.60 Å². The van der Waals surface area contributed by atoms with Crippen molar-refractivity contribution in [3.05, 3.63) is 0 Å². The first-order valence-corrected chi connectivity index (χ1v) is 8.60. The number of nitrogens with one attached hydrogen (secondary N) is 1. The van der Waals surface area contributed by atoms with Crippen LogP contribution in [0.4, 0.5) is 0 Å². The highest BCUT2D eigenvalue weighted by Gasteiger charge is 2.39. The largest absolute Gasteiger partial charge is 0.379 e. The zero-order valence-electron chi connectivity index (χ0n) is 12.1. The highest BCUT2D eigenvalue weighted by Crippen LogP contribution is 2.27. The Morgan fingerprint density at radius 3 is 2.95 bits per heavy atom. The van der Waals surface area contributed by atoms with Crippen molar-refractivity contribution in [1.82, 2.24) is 10.2 Å². The Bertz CT molecular complexity index is 369. The Morgan fingerprint density at radius 1 is 1.60 bits per heavy atom. The van der Waals surface area contributed by atoms with Crippen molar-refractivity contribution < 1.29 is 14.7 Å². The molecule has 0 aromatic carbocycles. The molecule has 114 valence electrons. The molecule has 0 aliphatic carbocycles. The average Bonchev–Trinajstić information content (AvgIpc) is 3.05. The lowest BCUT2D eigenvalue weighted by atomic mass is 10.0. The summed E-state index contributed by atoms with van der Waals surface area (Å²) in [4.78, 5) is 25.6. The van der Waals surface area contributed by atoms with E-state index in [1.807, 2.05) is 4.90 Å². The lowest BCUT2D eigenvalue weighted by Crippen LogP contribution is -2.48. The van der Waals surface area contributed by atoms with E-state index in [1.54, 1.807) is 11.8 Å². The van der Waals surface area contributed by atoms with E-state index in [2.05, 4.69) is 12.2 Å². The first kappa shape index (κ1) is 15.6. The van der Waals surface area contributed by atoms with Gasteiger partial charge >= 0.3 is 0 Å². The second-order valence-corrected chi connectivity index (χ2v) is 6.74. The van der Waals surface area contributed by atoms with Crippen LogP contribution in [0.5, 0.6) is 0 Å². The van der Waals surface area contributed by atoms with Gasteiger partial charge in [-0.25, -0.2) is 0 Å². The molecule has 2 aliphatic rings. The van der Waals surface area contributed by atoms with Crippen LogP contribution in [0.1, 0.15) is 39.0 Å². The summed E-state index contributed by atoms with van der Waals surface area (Å²) in [7, 11) is 0. The number of hydrogen-bond acceptors (Lipinski definition) is 4. The van der Waals surface area contributed by atoms with Gasteiger partial charge in [0.25, 0.3) is 5.91 Å². The number of thioether (sulfide) groups is 1. The molecule has 2 heterocycles. The Kier molecular flexibility index (Phi) is 5.32. The summed E-state index contributed by atoms with van der Waals surface area (Å²) in [6.45, 7) is 3.43. The zero-order chi connectivity index (χ0) is 14.6. The standard InChI is InChI=1S/C14H24N2O3S/c1-2-11(16-8-3-4-12(16)17)5-7-15-13(18)14(19)6-9-20-10-14/h11,19H,2-10H2,1H3,(H,15,18)/t11-,14+/m1/s1. The number of amides is 2. The molecule has 0 radical (unpaired) electrons. The van der Waals surface area contributed by atoms with Crippen LogP contribution < -0.4 is 5.32 Å². The molecule has 2 rings (SSSR count). The van der Waals surface area contributed by atoms with E-state index in [0.29, 0.717) is 25.1 Å². The summed E-state index contributed by atoms with van der Waals surface area (Å²) in [5.41, 5.74) is -1.18. The summed E-state index contributed by atoms with van der Waals surface area (Å²) in [5, 5.41) is 13.0. The third-order valence-electron chi connectivity index (χ3n) is 4.21. The van der Waals surface area contributed by atoms with Crippen LogP contribution in [0.2, 0.25) is 0 Å². The van der Waals surface area contributed by atoms with Gasteiger partial charge in [0, 0.05) is 31.3 Å². The molecule has 0 saturated carbocycles. The van der Waals surface area contributed by atoms with Gasteiger partial charge in [0.05, 0.1) is 0 Å². The minimum absolute atomic E-state index is 0.206. The molecule has 0 bridgehead atoms. The predicted octanol–water partition coefficient (Wildman–Crippen LogP) is 0.762. The van der Waals surface area contributed by atoms with Crippen LogP contribution >= 0.6 is 11.8 Å². The van der Waals surface area contributed by atoms with E-state index in [1.165, 1.54) is 0 Å². The molecule has 0 unspecified atom stereocenters. The molecule has 2 fully saturated rings. The van der Waals surface area contributed by atoms with Crippen molar-refractivity contribution in [3.63, 3.8) is 0 Å². The van der Waals surface area contributed by atoms with Crippen LogP contribution in [0.15, 0.2) is 0 Å². The summed E-state index contributed by atoms with van der Waals surface area (Å²) in [6.07, 6.45) is 3.79. The summed E-state index contributed by atoms with van der Waals surface area (Å²) < 4.78 is 0. The first-order chi connectivity index (χ1) is 9.57. The molecule has 2 atom stereocenters. The van der Waals surface area contributed by atoms with Crippen LogP contribution in [0.25, 0.3) is 0 Å². The zero-order valence-corrected chi connectivity index (χ0v) is 12.9. The van der Waals surface area contributed by atoms with E-state index in [4.69, 9.17) is 0 Å². The maximum absolute atomic E-state index is 12.0. The van der Waals surface area contributed by atoms with Crippen molar-refractivity contribution in [1.29, 1.82) is 0 Å². The molecule has 0 spiro atoms. The summed E-state index contributed by atoms with van der Waals surface area (Å²) in [6, 6.07) is 0.206. The van der Waals surface area contributed by atoms with Crippen LogP contribution in [-0.4, -0.2) is 58.1 Å². The van der Waals surface area contributed by atoms with E-state index < -0.39 is 5.60 Å². The molecule has 2 amide bonds. The number of carbonyl (C=O) groups is 2. The van der Waals surface area contributed by atoms with Gasteiger partial charge in [-0.1, -0.05) is 6.92 Å². The van der Waals surface area contributed by atoms with Gasteiger partial charge in [-0.3, -0.25) is 9.59 Å². The highest BCUT2D eigenvalue weighted by atomic mass is 32.2. The fourth-order valence-electron chi connectivity index (χ4n) is 2.89. The quantitative estimate of drug-likeness (QED) is 0.760. The number of carbonyl (C=O) groups excluding carboxylic acids is 2. The predicted molar refractivity (Wildman–Crippen MR) is 79.5 cm³/mol. The summed E-state index contributed by atoms with van der Waals surface area (Å²) in [5.74, 6) is 1.30. The number of rotatable bonds is 6. The van der Waals surface area contributed by atoms with Gasteiger partial charge in [0.2, 0.25) is 5.91 Å². The van der Waals surface area contributed by atoms with Gasteiger partial charge in [-0.2, -0.15) is 11.8 Å². The molecule has 5 nitrogen and oxygen atoms in total. The highest BCUT2D eigenvalue weighted by molar-refractivity contribution is 7.99.